The molecule has 0 amide bonds. The molecule has 4 aliphatic carbocycles. The summed E-state index contributed by atoms with van der Waals surface area (Å²) in [7, 11) is 0. The van der Waals surface area contributed by atoms with Gasteiger partial charge in [-0.25, -0.2) is 0 Å². The Kier molecular flexibility index (Phi) is 6.51. The molecule has 0 unspecified atom stereocenters. The van der Waals surface area contributed by atoms with Crippen LogP contribution in [0.4, 0.5) is 0 Å². The molecular formula is C33H51NO4. The second-order valence-corrected chi connectivity index (χ2v) is 16.0. The van der Waals surface area contributed by atoms with Crippen molar-refractivity contribution >= 4 is 11.8 Å². The number of ketones is 1. The van der Waals surface area contributed by atoms with E-state index in [0.29, 0.717) is 35.7 Å². The van der Waals surface area contributed by atoms with Gasteiger partial charge in [0.15, 0.2) is 12.4 Å². The summed E-state index contributed by atoms with van der Waals surface area (Å²) < 4.78 is 11.8. The summed E-state index contributed by atoms with van der Waals surface area (Å²) in [5, 5.41) is 10.1. The second kappa shape index (κ2) is 8.79. The number of hydrogen-bond donors (Lipinski definition) is 0. The molecule has 9 atom stereocenters. The summed E-state index contributed by atoms with van der Waals surface area (Å²) in [4.78, 5) is 24.9. The molecule has 0 aromatic carbocycles. The summed E-state index contributed by atoms with van der Waals surface area (Å²) >= 11 is 0. The number of carbonyl (C=O) groups is 2. The van der Waals surface area contributed by atoms with Crippen molar-refractivity contribution in [1.82, 2.24) is 0 Å². The van der Waals surface area contributed by atoms with Crippen LogP contribution < -0.4 is 0 Å². The lowest BCUT2D eigenvalue weighted by molar-refractivity contribution is -0.233. The van der Waals surface area contributed by atoms with Crippen molar-refractivity contribution in [2.45, 2.75) is 119 Å². The Morgan fingerprint density at radius 2 is 1.66 bits per heavy atom. The topological polar surface area (TPSA) is 76.4 Å². The van der Waals surface area contributed by atoms with Gasteiger partial charge in [0, 0.05) is 18.8 Å². The fraction of sp³-hybridized carbons (Fsp3) is 0.909. The van der Waals surface area contributed by atoms with Crippen molar-refractivity contribution in [2.24, 2.45) is 56.2 Å². The van der Waals surface area contributed by atoms with E-state index in [1.165, 1.54) is 39.0 Å². The average Bonchev–Trinajstić information content (AvgIpc) is 3.16. The minimum atomic E-state index is -0.656. The average molecular weight is 526 g/mol. The Bertz CT molecular complexity index is 1040. The van der Waals surface area contributed by atoms with Gasteiger partial charge in [-0.3, -0.25) is 9.59 Å². The van der Waals surface area contributed by atoms with Crippen LogP contribution in [0.25, 0.3) is 0 Å². The predicted molar refractivity (Wildman–Crippen MR) is 147 cm³/mol. The van der Waals surface area contributed by atoms with Crippen molar-refractivity contribution in [1.29, 1.82) is 5.26 Å². The zero-order chi connectivity index (χ0) is 27.9. The van der Waals surface area contributed by atoms with Crippen LogP contribution in [0.1, 0.15) is 113 Å². The standard InChI is InChI=1S/C33H51NO4/c1-21(35)37-19-25(36)29(4,5)23-11-12-32(8)24(30(23,6)17-18-34)10-9-22-26-27-28(2,3)13-15-33(26,20-38-27)16-14-31(22,32)7/h22-24,26-27H,9-17,19-20H2,1-8H3/t22-,23+,24-,26+,27-,30+,31-,32-,33-/m1/s1. The molecule has 1 heterocycles. The van der Waals surface area contributed by atoms with Crippen molar-refractivity contribution in [2.75, 3.05) is 13.2 Å². The molecule has 0 spiro atoms. The van der Waals surface area contributed by atoms with Crippen molar-refractivity contribution in [3.8, 4) is 6.07 Å². The van der Waals surface area contributed by atoms with Crippen LogP contribution in [0.5, 0.6) is 0 Å². The van der Waals surface area contributed by atoms with E-state index in [4.69, 9.17) is 9.47 Å². The van der Waals surface area contributed by atoms with E-state index in [1.807, 2.05) is 13.8 Å². The van der Waals surface area contributed by atoms with Crippen LogP contribution in [0.2, 0.25) is 0 Å². The minimum absolute atomic E-state index is 0.0249. The van der Waals surface area contributed by atoms with Gasteiger partial charge in [-0.05, 0) is 102 Å². The number of ether oxygens (including phenoxy) is 2. The molecule has 5 rings (SSSR count). The number of Topliss-reactive ketones (excluding diaryl/α,β-unsaturated/α-hetero) is 1. The SMILES string of the molecule is CC(=O)OCC(=O)C(C)(C)[C@@H]1CC[C@]2(C)[C@H](CC[C@@H]3[C@H]4[C@H]5OC[C@@]4(CCC5(C)C)CC[C@]32C)[C@@]1(C)CC#N. The van der Waals surface area contributed by atoms with Gasteiger partial charge in [0.1, 0.15) is 0 Å². The molecule has 0 radical (unpaired) electrons. The number of fused-ring (bicyclic) bond motifs is 3. The lowest BCUT2D eigenvalue weighted by Gasteiger charge is -2.72. The van der Waals surface area contributed by atoms with Crippen LogP contribution in [-0.2, 0) is 19.1 Å². The monoisotopic (exact) mass is 525 g/mol. The predicted octanol–water partition coefficient (Wildman–Crippen LogP) is 7.13. The minimum Gasteiger partial charge on any atom is -0.458 e. The summed E-state index contributed by atoms with van der Waals surface area (Å²) in [5.41, 5.74) is 0.0111. The molecule has 212 valence electrons. The molecule has 38 heavy (non-hydrogen) atoms. The van der Waals surface area contributed by atoms with E-state index in [2.05, 4.69) is 40.7 Å². The van der Waals surface area contributed by atoms with Gasteiger partial charge >= 0.3 is 5.97 Å². The van der Waals surface area contributed by atoms with Crippen LogP contribution >= 0.6 is 0 Å². The highest BCUT2D eigenvalue weighted by Crippen LogP contribution is 2.77. The maximum atomic E-state index is 13.4. The Hall–Kier alpha value is -1.41. The van der Waals surface area contributed by atoms with Gasteiger partial charge in [0.25, 0.3) is 0 Å². The van der Waals surface area contributed by atoms with Crippen molar-refractivity contribution in [3.63, 3.8) is 0 Å². The van der Waals surface area contributed by atoms with Gasteiger partial charge in [0.2, 0.25) is 0 Å². The van der Waals surface area contributed by atoms with E-state index in [-0.39, 0.29) is 40.0 Å². The molecule has 1 saturated heterocycles. The maximum Gasteiger partial charge on any atom is 0.303 e. The number of carbonyl (C=O) groups excluding carboxylic acids is 2. The van der Waals surface area contributed by atoms with Crippen LogP contribution in [0.3, 0.4) is 0 Å². The smallest absolute Gasteiger partial charge is 0.303 e. The number of nitrogens with zero attached hydrogens (tertiary/aromatic N) is 1. The largest absolute Gasteiger partial charge is 0.458 e. The van der Waals surface area contributed by atoms with Gasteiger partial charge in [-0.2, -0.15) is 5.26 Å². The molecule has 0 aromatic rings. The zero-order valence-electron chi connectivity index (χ0n) is 25.2. The summed E-state index contributed by atoms with van der Waals surface area (Å²) in [6.45, 7) is 18.5. The Morgan fingerprint density at radius 3 is 2.32 bits per heavy atom. The Labute approximate surface area is 230 Å². The highest BCUT2D eigenvalue weighted by molar-refractivity contribution is 5.87. The van der Waals surface area contributed by atoms with Gasteiger partial charge in [0.05, 0.1) is 18.8 Å². The first-order chi connectivity index (χ1) is 17.6. The van der Waals surface area contributed by atoms with Crippen LogP contribution in [0.15, 0.2) is 0 Å². The molecule has 2 bridgehead atoms. The fourth-order valence-corrected chi connectivity index (χ4v) is 11.5. The van der Waals surface area contributed by atoms with Crippen LogP contribution in [-0.4, -0.2) is 31.1 Å². The van der Waals surface area contributed by atoms with Crippen LogP contribution in [0, 0.1) is 67.5 Å². The van der Waals surface area contributed by atoms with E-state index < -0.39 is 11.4 Å². The van der Waals surface area contributed by atoms with E-state index in [0.717, 1.165) is 25.9 Å². The lowest BCUT2D eigenvalue weighted by atomic mass is 9.32. The first kappa shape index (κ1) is 28.1. The molecule has 5 fully saturated rings. The third kappa shape index (κ3) is 3.64. The normalized spacial score (nSPS) is 47.2. The molecule has 5 aliphatic rings. The maximum absolute atomic E-state index is 13.4. The second-order valence-electron chi connectivity index (χ2n) is 16.0. The highest BCUT2D eigenvalue weighted by atomic mass is 16.5. The lowest BCUT2D eigenvalue weighted by Crippen LogP contribution is -2.66. The number of rotatable bonds is 5. The molecule has 5 heteroatoms. The first-order valence-electron chi connectivity index (χ1n) is 15.2. The number of esters is 1. The molecule has 4 saturated carbocycles. The highest BCUT2D eigenvalue weighted by Gasteiger charge is 2.72. The van der Waals surface area contributed by atoms with Gasteiger partial charge in [-0.1, -0.05) is 48.5 Å². The number of nitriles is 1. The summed E-state index contributed by atoms with van der Waals surface area (Å²) in [6, 6.07) is 2.57. The Balaban J connectivity index is 1.50. The summed E-state index contributed by atoms with van der Waals surface area (Å²) in [6.07, 6.45) is 10.3. The quantitative estimate of drug-likeness (QED) is 0.357. The third-order valence-corrected chi connectivity index (χ3v) is 13.9. The molecule has 0 N–H and O–H groups in total. The third-order valence-electron chi connectivity index (χ3n) is 13.9. The summed E-state index contributed by atoms with van der Waals surface area (Å²) in [5.74, 6) is 1.33. The first-order valence-corrected chi connectivity index (χ1v) is 15.2. The van der Waals surface area contributed by atoms with Crippen molar-refractivity contribution < 1.29 is 19.1 Å². The fourth-order valence-electron chi connectivity index (χ4n) is 11.5. The van der Waals surface area contributed by atoms with Gasteiger partial charge in [-0.15, -0.1) is 0 Å². The number of hydrogen-bond acceptors (Lipinski definition) is 5. The molecule has 5 nitrogen and oxygen atoms in total. The van der Waals surface area contributed by atoms with E-state index >= 15 is 0 Å². The van der Waals surface area contributed by atoms with Crippen molar-refractivity contribution in [3.05, 3.63) is 0 Å². The Morgan fingerprint density at radius 1 is 0.974 bits per heavy atom. The van der Waals surface area contributed by atoms with E-state index in [9.17, 15) is 14.9 Å². The van der Waals surface area contributed by atoms with E-state index in [1.54, 1.807) is 0 Å². The molecule has 1 aliphatic heterocycles. The molecular weight excluding hydrogens is 474 g/mol. The van der Waals surface area contributed by atoms with Gasteiger partial charge < -0.3 is 9.47 Å². The zero-order valence-corrected chi connectivity index (χ0v) is 25.2. The molecule has 0 aromatic heterocycles.